The molecule has 0 radical (unpaired) electrons. The minimum Gasteiger partial charge on any atom is -0.206 e. The van der Waals surface area contributed by atoms with Crippen LogP contribution in [0.5, 0.6) is 0 Å². The molecule has 0 heterocycles. The molecule has 0 saturated heterocycles. The number of aryl methyl sites for hydroxylation is 2. The molecular weight excluding hydrogens is 187 g/mol. The van der Waals surface area contributed by atoms with Crippen molar-refractivity contribution in [3.63, 3.8) is 0 Å². The summed E-state index contributed by atoms with van der Waals surface area (Å²) in [4.78, 5) is 0. The molecule has 2 aromatic rings. The second kappa shape index (κ2) is 3.85. The van der Waals surface area contributed by atoms with Gasteiger partial charge in [0.1, 0.15) is 5.82 Å². The van der Waals surface area contributed by atoms with Crippen LogP contribution in [0.3, 0.4) is 0 Å². The number of rotatable bonds is 1. The monoisotopic (exact) mass is 200 g/mol. The number of benzene rings is 2. The largest absolute Gasteiger partial charge is 0.206 e. The molecule has 0 spiro atoms. The molecule has 1 heteroatoms. The Morgan fingerprint density at radius 3 is 2.27 bits per heavy atom. The van der Waals surface area contributed by atoms with E-state index in [0.29, 0.717) is 11.1 Å². The molecule has 0 aliphatic rings. The van der Waals surface area contributed by atoms with Gasteiger partial charge in [0.15, 0.2) is 0 Å². The molecular formula is C14H13F. The van der Waals surface area contributed by atoms with E-state index in [1.165, 1.54) is 0 Å². The maximum atomic E-state index is 13.9. The normalized spacial score (nSPS) is 10.3. The van der Waals surface area contributed by atoms with E-state index < -0.39 is 0 Å². The fourth-order valence-corrected chi connectivity index (χ4v) is 1.78. The first-order valence-electron chi connectivity index (χ1n) is 5.00. The van der Waals surface area contributed by atoms with Crippen molar-refractivity contribution in [2.45, 2.75) is 13.8 Å². The van der Waals surface area contributed by atoms with Gasteiger partial charge in [-0.2, -0.15) is 0 Å². The fraction of sp³-hybridized carbons (Fsp3) is 0.143. The Balaban J connectivity index is 2.63. The Hall–Kier alpha value is -1.63. The standard InChI is InChI=1S/C14H13F/c1-10-8-11(2)14(15)13(9-10)12-6-4-3-5-7-12/h3-9H,1-2H3. The van der Waals surface area contributed by atoms with Crippen molar-refractivity contribution < 1.29 is 4.39 Å². The summed E-state index contributed by atoms with van der Waals surface area (Å²) in [6.45, 7) is 3.79. The zero-order valence-electron chi connectivity index (χ0n) is 8.92. The van der Waals surface area contributed by atoms with Crippen LogP contribution < -0.4 is 0 Å². The first-order chi connectivity index (χ1) is 7.18. The van der Waals surface area contributed by atoms with Crippen LogP contribution in [-0.4, -0.2) is 0 Å². The second-order valence-electron chi connectivity index (χ2n) is 3.81. The summed E-state index contributed by atoms with van der Waals surface area (Å²) < 4.78 is 13.9. The van der Waals surface area contributed by atoms with E-state index in [4.69, 9.17) is 0 Å². The first-order valence-corrected chi connectivity index (χ1v) is 5.00. The molecule has 2 rings (SSSR count). The van der Waals surface area contributed by atoms with Crippen molar-refractivity contribution in [1.29, 1.82) is 0 Å². The van der Waals surface area contributed by atoms with Gasteiger partial charge in [0.25, 0.3) is 0 Å². The van der Waals surface area contributed by atoms with E-state index in [0.717, 1.165) is 11.1 Å². The third-order valence-corrected chi connectivity index (χ3v) is 2.48. The van der Waals surface area contributed by atoms with Gasteiger partial charge in [-0.1, -0.05) is 42.0 Å². The van der Waals surface area contributed by atoms with Gasteiger partial charge < -0.3 is 0 Å². The Labute approximate surface area is 89.4 Å². The quantitative estimate of drug-likeness (QED) is 0.649. The van der Waals surface area contributed by atoms with E-state index in [1.54, 1.807) is 6.92 Å². The number of hydrogen-bond acceptors (Lipinski definition) is 0. The zero-order valence-corrected chi connectivity index (χ0v) is 8.92. The maximum Gasteiger partial charge on any atom is 0.133 e. The van der Waals surface area contributed by atoms with Crippen LogP contribution in [0, 0.1) is 19.7 Å². The molecule has 0 bridgehead atoms. The van der Waals surface area contributed by atoms with Crippen molar-refractivity contribution in [1.82, 2.24) is 0 Å². The predicted octanol–water partition coefficient (Wildman–Crippen LogP) is 4.11. The van der Waals surface area contributed by atoms with Gasteiger partial charge in [-0.3, -0.25) is 0 Å². The third-order valence-electron chi connectivity index (χ3n) is 2.48. The molecule has 0 N–H and O–H groups in total. The maximum absolute atomic E-state index is 13.9. The summed E-state index contributed by atoms with van der Waals surface area (Å²) in [6.07, 6.45) is 0. The molecule has 0 atom stereocenters. The number of halogens is 1. The van der Waals surface area contributed by atoms with Gasteiger partial charge in [-0.05, 0) is 31.0 Å². The lowest BCUT2D eigenvalue weighted by Gasteiger charge is -2.07. The van der Waals surface area contributed by atoms with Crippen LogP contribution in [0.2, 0.25) is 0 Å². The highest BCUT2D eigenvalue weighted by molar-refractivity contribution is 5.65. The van der Waals surface area contributed by atoms with E-state index in [1.807, 2.05) is 49.4 Å². The van der Waals surface area contributed by atoms with Gasteiger partial charge in [0.2, 0.25) is 0 Å². The van der Waals surface area contributed by atoms with Crippen LogP contribution in [0.4, 0.5) is 4.39 Å². The second-order valence-corrected chi connectivity index (χ2v) is 3.81. The molecule has 0 aliphatic carbocycles. The first kappa shape index (κ1) is 9.91. The molecule has 2 aromatic carbocycles. The molecule has 0 amide bonds. The van der Waals surface area contributed by atoms with Gasteiger partial charge in [0, 0.05) is 5.56 Å². The molecule has 0 aromatic heterocycles. The summed E-state index contributed by atoms with van der Waals surface area (Å²) in [6, 6.07) is 13.4. The highest BCUT2D eigenvalue weighted by Gasteiger charge is 2.07. The van der Waals surface area contributed by atoms with Crippen molar-refractivity contribution in [3.05, 3.63) is 59.4 Å². The minimum absolute atomic E-state index is 0.119. The van der Waals surface area contributed by atoms with E-state index in [9.17, 15) is 4.39 Å². The van der Waals surface area contributed by atoms with E-state index in [2.05, 4.69) is 0 Å². The van der Waals surface area contributed by atoms with Crippen molar-refractivity contribution in [3.8, 4) is 11.1 Å². The van der Waals surface area contributed by atoms with Crippen LogP contribution >= 0.6 is 0 Å². The lowest BCUT2D eigenvalue weighted by atomic mass is 10.00. The summed E-state index contributed by atoms with van der Waals surface area (Å²) in [5, 5.41) is 0. The van der Waals surface area contributed by atoms with Gasteiger partial charge in [-0.15, -0.1) is 0 Å². The lowest BCUT2D eigenvalue weighted by molar-refractivity contribution is 0.621. The van der Waals surface area contributed by atoms with Crippen LogP contribution in [0.25, 0.3) is 11.1 Å². The summed E-state index contributed by atoms with van der Waals surface area (Å²) in [5.74, 6) is -0.119. The molecule has 76 valence electrons. The van der Waals surface area contributed by atoms with Crippen molar-refractivity contribution in [2.24, 2.45) is 0 Å². The highest BCUT2D eigenvalue weighted by atomic mass is 19.1. The predicted molar refractivity (Wildman–Crippen MR) is 61.3 cm³/mol. The zero-order chi connectivity index (χ0) is 10.8. The Morgan fingerprint density at radius 2 is 1.60 bits per heavy atom. The van der Waals surface area contributed by atoms with Crippen molar-refractivity contribution >= 4 is 0 Å². The minimum atomic E-state index is -0.119. The third kappa shape index (κ3) is 1.91. The van der Waals surface area contributed by atoms with Crippen LogP contribution in [-0.2, 0) is 0 Å². The molecule has 0 fully saturated rings. The summed E-state index contributed by atoms with van der Waals surface area (Å²) in [7, 11) is 0. The average molecular weight is 200 g/mol. The Morgan fingerprint density at radius 1 is 0.933 bits per heavy atom. The number of hydrogen-bond donors (Lipinski definition) is 0. The van der Waals surface area contributed by atoms with Gasteiger partial charge in [0.05, 0.1) is 0 Å². The molecule has 15 heavy (non-hydrogen) atoms. The SMILES string of the molecule is Cc1cc(C)c(F)c(-c2ccccc2)c1. The summed E-state index contributed by atoms with van der Waals surface area (Å²) >= 11 is 0. The Kier molecular flexibility index (Phi) is 2.55. The van der Waals surface area contributed by atoms with Gasteiger partial charge >= 0.3 is 0 Å². The van der Waals surface area contributed by atoms with Crippen LogP contribution in [0.1, 0.15) is 11.1 Å². The van der Waals surface area contributed by atoms with E-state index >= 15 is 0 Å². The summed E-state index contributed by atoms with van der Waals surface area (Å²) in [5.41, 5.74) is 3.41. The lowest BCUT2D eigenvalue weighted by Crippen LogP contribution is -1.90. The van der Waals surface area contributed by atoms with Gasteiger partial charge in [-0.25, -0.2) is 4.39 Å². The molecule has 0 aliphatic heterocycles. The Bertz CT molecular complexity index is 472. The van der Waals surface area contributed by atoms with E-state index in [-0.39, 0.29) is 5.82 Å². The smallest absolute Gasteiger partial charge is 0.133 e. The molecule has 0 nitrogen and oxygen atoms in total. The highest BCUT2D eigenvalue weighted by Crippen LogP contribution is 2.25. The fourth-order valence-electron chi connectivity index (χ4n) is 1.78. The topological polar surface area (TPSA) is 0 Å². The van der Waals surface area contributed by atoms with Crippen LogP contribution in [0.15, 0.2) is 42.5 Å². The molecule has 0 unspecified atom stereocenters. The average Bonchev–Trinajstić information content (AvgIpc) is 2.24. The van der Waals surface area contributed by atoms with Crippen molar-refractivity contribution in [2.75, 3.05) is 0 Å². The molecule has 0 saturated carbocycles.